The maximum atomic E-state index is 12.3. The summed E-state index contributed by atoms with van der Waals surface area (Å²) in [6.45, 7) is -0.370. The fourth-order valence-corrected chi connectivity index (χ4v) is 2.61. The van der Waals surface area contributed by atoms with Crippen molar-refractivity contribution in [3.05, 3.63) is 86.8 Å². The molecule has 0 fully saturated rings. The molecule has 0 unspecified atom stereocenters. The number of anilines is 2. The first-order valence-corrected chi connectivity index (χ1v) is 8.87. The van der Waals surface area contributed by atoms with Gasteiger partial charge in [-0.2, -0.15) is 5.10 Å². The molecule has 2 aromatic carbocycles. The van der Waals surface area contributed by atoms with Gasteiger partial charge < -0.3 is 10.6 Å². The van der Waals surface area contributed by atoms with Crippen molar-refractivity contribution in [2.24, 2.45) is 0 Å². The molecule has 2 N–H and O–H groups in total. The van der Waals surface area contributed by atoms with E-state index in [1.807, 2.05) is 6.07 Å². The predicted octanol–water partition coefficient (Wildman–Crippen LogP) is 3.44. The molecule has 142 valence electrons. The van der Waals surface area contributed by atoms with Gasteiger partial charge in [-0.05, 0) is 36.4 Å². The van der Waals surface area contributed by atoms with E-state index in [1.165, 1.54) is 18.2 Å². The molecule has 0 aliphatic heterocycles. The number of aromatic nitrogens is 2. The Morgan fingerprint density at radius 1 is 0.893 bits per heavy atom. The molecule has 1 heterocycles. The minimum Gasteiger partial charge on any atom is -0.324 e. The van der Waals surface area contributed by atoms with Crippen molar-refractivity contribution < 1.29 is 9.59 Å². The standard InChI is InChI=1S/C19H14Cl2N4O3/c20-14-7-6-13(10-15(14)21)22-17(26)11-25-18(27)9-8-16(24-25)19(28)23-12-4-2-1-3-5-12/h1-10H,11H2,(H,22,26)(H,23,28). The normalized spacial score (nSPS) is 10.4. The monoisotopic (exact) mass is 416 g/mol. The third-order valence-corrected chi connectivity index (χ3v) is 4.37. The van der Waals surface area contributed by atoms with Crippen LogP contribution in [0.5, 0.6) is 0 Å². The molecule has 1 aromatic heterocycles. The van der Waals surface area contributed by atoms with Crippen molar-refractivity contribution in [2.75, 3.05) is 10.6 Å². The largest absolute Gasteiger partial charge is 0.324 e. The number of nitrogens with zero attached hydrogens (tertiary/aromatic N) is 2. The first-order chi connectivity index (χ1) is 13.4. The van der Waals surface area contributed by atoms with Crippen LogP contribution in [0.15, 0.2) is 65.5 Å². The molecular formula is C19H14Cl2N4O3. The summed E-state index contributed by atoms with van der Waals surface area (Å²) in [4.78, 5) is 36.5. The van der Waals surface area contributed by atoms with Crippen LogP contribution in [0.25, 0.3) is 0 Å². The van der Waals surface area contributed by atoms with Crippen LogP contribution in [0.2, 0.25) is 10.0 Å². The van der Waals surface area contributed by atoms with E-state index in [0.717, 1.165) is 4.68 Å². The van der Waals surface area contributed by atoms with E-state index in [2.05, 4.69) is 15.7 Å². The summed E-state index contributed by atoms with van der Waals surface area (Å²) in [6.07, 6.45) is 0. The molecule has 0 radical (unpaired) electrons. The van der Waals surface area contributed by atoms with E-state index >= 15 is 0 Å². The topological polar surface area (TPSA) is 93.1 Å². The van der Waals surface area contributed by atoms with Gasteiger partial charge in [0.2, 0.25) is 5.91 Å². The van der Waals surface area contributed by atoms with Crippen molar-refractivity contribution in [1.29, 1.82) is 0 Å². The molecule has 3 aromatic rings. The number of halogens is 2. The first-order valence-electron chi connectivity index (χ1n) is 8.12. The number of hydrogen-bond acceptors (Lipinski definition) is 4. The minimum absolute atomic E-state index is 0.00536. The van der Waals surface area contributed by atoms with Crippen molar-refractivity contribution in [2.45, 2.75) is 6.54 Å². The third kappa shape index (κ3) is 4.97. The van der Waals surface area contributed by atoms with Crippen LogP contribution >= 0.6 is 23.2 Å². The summed E-state index contributed by atoms with van der Waals surface area (Å²) in [6, 6.07) is 15.9. The lowest BCUT2D eigenvalue weighted by Crippen LogP contribution is -2.31. The zero-order chi connectivity index (χ0) is 20.1. The number of benzene rings is 2. The molecule has 2 amide bonds. The maximum Gasteiger partial charge on any atom is 0.276 e. The lowest BCUT2D eigenvalue weighted by Gasteiger charge is -2.09. The Hall–Kier alpha value is -3.16. The van der Waals surface area contributed by atoms with Crippen LogP contribution in [-0.2, 0) is 11.3 Å². The zero-order valence-electron chi connectivity index (χ0n) is 14.4. The van der Waals surface area contributed by atoms with Gasteiger partial charge in [0, 0.05) is 17.4 Å². The Labute approximate surface area is 169 Å². The van der Waals surface area contributed by atoms with Gasteiger partial charge in [0.15, 0.2) is 0 Å². The average molecular weight is 417 g/mol. The number of carbonyl (C=O) groups is 2. The zero-order valence-corrected chi connectivity index (χ0v) is 15.9. The van der Waals surface area contributed by atoms with Crippen LogP contribution in [0.1, 0.15) is 10.5 Å². The number of para-hydroxylation sites is 1. The molecule has 0 spiro atoms. The highest BCUT2D eigenvalue weighted by Crippen LogP contribution is 2.24. The second-order valence-electron chi connectivity index (χ2n) is 5.71. The van der Waals surface area contributed by atoms with Gasteiger partial charge in [0.25, 0.3) is 11.5 Å². The quantitative estimate of drug-likeness (QED) is 0.665. The molecule has 0 saturated heterocycles. The van der Waals surface area contributed by atoms with E-state index in [4.69, 9.17) is 23.2 Å². The third-order valence-electron chi connectivity index (χ3n) is 3.63. The molecule has 0 aliphatic rings. The molecule has 9 heteroatoms. The minimum atomic E-state index is -0.513. The number of amides is 2. The summed E-state index contributed by atoms with van der Waals surface area (Å²) in [5.74, 6) is -1.00. The Bertz CT molecular complexity index is 1080. The lowest BCUT2D eigenvalue weighted by atomic mass is 10.3. The van der Waals surface area contributed by atoms with Gasteiger partial charge in [-0.15, -0.1) is 0 Å². The Balaban J connectivity index is 1.72. The summed E-state index contributed by atoms with van der Waals surface area (Å²) in [5.41, 5.74) is 0.501. The van der Waals surface area contributed by atoms with Gasteiger partial charge in [-0.3, -0.25) is 14.4 Å². The number of hydrogen-bond donors (Lipinski definition) is 2. The average Bonchev–Trinajstić information content (AvgIpc) is 2.67. The second-order valence-corrected chi connectivity index (χ2v) is 6.53. The highest BCUT2D eigenvalue weighted by atomic mass is 35.5. The van der Waals surface area contributed by atoms with Crippen LogP contribution in [0, 0.1) is 0 Å². The van der Waals surface area contributed by atoms with Gasteiger partial charge >= 0.3 is 0 Å². The van der Waals surface area contributed by atoms with Gasteiger partial charge in [-0.25, -0.2) is 4.68 Å². The van der Waals surface area contributed by atoms with Gasteiger partial charge in [-0.1, -0.05) is 41.4 Å². The highest BCUT2D eigenvalue weighted by molar-refractivity contribution is 6.42. The van der Waals surface area contributed by atoms with Crippen molar-refractivity contribution in [1.82, 2.24) is 9.78 Å². The van der Waals surface area contributed by atoms with Crippen molar-refractivity contribution in [3.8, 4) is 0 Å². The number of carbonyl (C=O) groups excluding carboxylic acids is 2. The molecule has 0 aliphatic carbocycles. The summed E-state index contributed by atoms with van der Waals surface area (Å²) < 4.78 is 0.909. The van der Waals surface area contributed by atoms with Crippen LogP contribution < -0.4 is 16.2 Å². The SMILES string of the molecule is O=C(Cn1nc(C(=O)Nc2ccccc2)ccc1=O)Nc1ccc(Cl)c(Cl)c1. The Morgan fingerprint density at radius 3 is 2.36 bits per heavy atom. The molecule has 0 bridgehead atoms. The van der Waals surface area contributed by atoms with E-state index in [1.54, 1.807) is 36.4 Å². The number of nitrogens with one attached hydrogen (secondary N) is 2. The van der Waals surface area contributed by atoms with Crippen LogP contribution in [0.4, 0.5) is 11.4 Å². The summed E-state index contributed by atoms with van der Waals surface area (Å²) >= 11 is 11.7. The lowest BCUT2D eigenvalue weighted by molar-refractivity contribution is -0.117. The molecule has 0 atom stereocenters. The van der Waals surface area contributed by atoms with E-state index in [0.29, 0.717) is 16.4 Å². The molecule has 0 saturated carbocycles. The van der Waals surface area contributed by atoms with Crippen molar-refractivity contribution in [3.63, 3.8) is 0 Å². The highest BCUT2D eigenvalue weighted by Gasteiger charge is 2.12. The molecule has 3 rings (SSSR count). The fourth-order valence-electron chi connectivity index (χ4n) is 2.31. The van der Waals surface area contributed by atoms with E-state index in [-0.39, 0.29) is 17.3 Å². The summed E-state index contributed by atoms with van der Waals surface area (Å²) in [5, 5.41) is 9.87. The van der Waals surface area contributed by atoms with Crippen molar-refractivity contribution >= 4 is 46.4 Å². The maximum absolute atomic E-state index is 12.3. The van der Waals surface area contributed by atoms with E-state index < -0.39 is 17.4 Å². The molecule has 7 nitrogen and oxygen atoms in total. The predicted molar refractivity (Wildman–Crippen MR) is 108 cm³/mol. The Kier molecular flexibility index (Phi) is 6.08. The Morgan fingerprint density at radius 2 is 1.64 bits per heavy atom. The van der Waals surface area contributed by atoms with E-state index in [9.17, 15) is 14.4 Å². The summed E-state index contributed by atoms with van der Waals surface area (Å²) in [7, 11) is 0. The second kappa shape index (κ2) is 8.69. The molecular weight excluding hydrogens is 403 g/mol. The van der Waals surface area contributed by atoms with Gasteiger partial charge in [0.05, 0.1) is 10.0 Å². The fraction of sp³-hybridized carbons (Fsp3) is 0.0526. The van der Waals surface area contributed by atoms with Gasteiger partial charge in [0.1, 0.15) is 12.2 Å². The molecule has 28 heavy (non-hydrogen) atoms. The first kappa shape index (κ1) is 19.6. The smallest absolute Gasteiger partial charge is 0.276 e. The van der Waals surface area contributed by atoms with Crippen LogP contribution in [-0.4, -0.2) is 21.6 Å². The number of rotatable bonds is 5. The van der Waals surface area contributed by atoms with Crippen LogP contribution in [0.3, 0.4) is 0 Å².